The van der Waals surface area contributed by atoms with Crippen LogP contribution in [-0.2, 0) is 0 Å². The van der Waals surface area contributed by atoms with Gasteiger partial charge in [-0.2, -0.15) is 0 Å². The van der Waals surface area contributed by atoms with Gasteiger partial charge in [-0.15, -0.1) is 11.3 Å². The molecular formula is C17H21ClN4OS. The van der Waals surface area contributed by atoms with Gasteiger partial charge in [-0.05, 0) is 56.6 Å². The number of rotatable bonds is 4. The number of halogens is 1. The molecule has 1 fully saturated rings. The lowest BCUT2D eigenvalue weighted by atomic mass is 9.99. The fourth-order valence-electron chi connectivity index (χ4n) is 2.99. The number of anilines is 1. The summed E-state index contributed by atoms with van der Waals surface area (Å²) in [6, 6.07) is 7.21. The molecule has 0 aliphatic carbocycles. The summed E-state index contributed by atoms with van der Waals surface area (Å²) in [5.74, 6) is 0.513. The van der Waals surface area contributed by atoms with Crippen LogP contribution >= 0.6 is 22.9 Å². The number of thiophene rings is 1. The van der Waals surface area contributed by atoms with Crippen LogP contribution in [0.15, 0.2) is 30.5 Å². The number of pyridine rings is 1. The number of urea groups is 1. The molecule has 2 N–H and O–H groups in total. The van der Waals surface area contributed by atoms with Crippen LogP contribution in [0.4, 0.5) is 10.5 Å². The molecule has 7 heteroatoms. The Morgan fingerprint density at radius 1 is 1.46 bits per heavy atom. The van der Waals surface area contributed by atoms with Crippen molar-refractivity contribution >= 4 is 34.7 Å². The smallest absolute Gasteiger partial charge is 0.319 e. The maximum absolute atomic E-state index is 12.2. The summed E-state index contributed by atoms with van der Waals surface area (Å²) in [5.41, 5.74) is 1.43. The second-order valence-electron chi connectivity index (χ2n) is 6.11. The van der Waals surface area contributed by atoms with Gasteiger partial charge in [0.15, 0.2) is 0 Å². The van der Waals surface area contributed by atoms with Gasteiger partial charge in [0, 0.05) is 19.3 Å². The van der Waals surface area contributed by atoms with Crippen molar-refractivity contribution in [2.45, 2.75) is 12.8 Å². The lowest BCUT2D eigenvalue weighted by Crippen LogP contribution is -2.40. The Morgan fingerprint density at radius 2 is 2.33 bits per heavy atom. The molecular weight excluding hydrogens is 344 g/mol. The molecule has 5 nitrogen and oxygen atoms in total. The predicted octanol–water partition coefficient (Wildman–Crippen LogP) is 3.93. The molecule has 1 aliphatic rings. The first-order chi connectivity index (χ1) is 11.6. The maximum Gasteiger partial charge on any atom is 0.319 e. The van der Waals surface area contributed by atoms with Gasteiger partial charge in [-0.1, -0.05) is 11.6 Å². The van der Waals surface area contributed by atoms with E-state index in [0.29, 0.717) is 22.5 Å². The first-order valence-electron chi connectivity index (χ1n) is 8.06. The van der Waals surface area contributed by atoms with Gasteiger partial charge in [-0.25, -0.2) is 4.79 Å². The molecule has 0 spiro atoms. The number of carbonyl (C=O) groups is 1. The number of likely N-dealkylation sites (tertiary alicyclic amines) is 1. The molecule has 3 heterocycles. The third-order valence-electron chi connectivity index (χ3n) is 4.14. The Balaban J connectivity index is 1.60. The molecule has 2 aromatic rings. The quantitative estimate of drug-likeness (QED) is 0.864. The fraction of sp³-hybridized carbons (Fsp3) is 0.412. The molecule has 2 aromatic heterocycles. The van der Waals surface area contributed by atoms with E-state index in [9.17, 15) is 4.79 Å². The summed E-state index contributed by atoms with van der Waals surface area (Å²) in [6.07, 6.45) is 4.07. The molecule has 1 saturated heterocycles. The highest BCUT2D eigenvalue weighted by molar-refractivity contribution is 7.19. The van der Waals surface area contributed by atoms with Gasteiger partial charge < -0.3 is 15.5 Å². The second kappa shape index (κ2) is 7.96. The molecule has 0 aromatic carbocycles. The van der Waals surface area contributed by atoms with Crippen molar-refractivity contribution in [3.05, 3.63) is 34.8 Å². The highest BCUT2D eigenvalue weighted by Gasteiger charge is 2.18. The summed E-state index contributed by atoms with van der Waals surface area (Å²) < 4.78 is 0.701. The fourth-order valence-corrected chi connectivity index (χ4v) is 4.04. The number of aromatic nitrogens is 1. The van der Waals surface area contributed by atoms with E-state index in [1.165, 1.54) is 17.8 Å². The average Bonchev–Trinajstić information content (AvgIpc) is 3.00. The van der Waals surface area contributed by atoms with Crippen LogP contribution in [0.25, 0.3) is 10.6 Å². The normalized spacial score (nSPS) is 18.3. The van der Waals surface area contributed by atoms with Crippen molar-refractivity contribution in [2.24, 2.45) is 5.92 Å². The third kappa shape index (κ3) is 4.47. The van der Waals surface area contributed by atoms with Crippen molar-refractivity contribution in [3.8, 4) is 10.6 Å². The van der Waals surface area contributed by atoms with Gasteiger partial charge in [-0.3, -0.25) is 4.98 Å². The molecule has 2 amide bonds. The van der Waals surface area contributed by atoms with E-state index in [-0.39, 0.29) is 6.03 Å². The number of nitrogens with zero attached hydrogens (tertiary/aromatic N) is 2. The largest absolute Gasteiger partial charge is 0.338 e. The van der Waals surface area contributed by atoms with Crippen LogP contribution in [0.2, 0.25) is 4.34 Å². The Bertz CT molecular complexity index is 705. The van der Waals surface area contributed by atoms with Gasteiger partial charge in [0.2, 0.25) is 0 Å². The number of piperidine rings is 1. The van der Waals surface area contributed by atoms with E-state index in [1.807, 2.05) is 24.3 Å². The number of hydrogen-bond donors (Lipinski definition) is 2. The first kappa shape index (κ1) is 17.2. The first-order valence-corrected chi connectivity index (χ1v) is 9.25. The topological polar surface area (TPSA) is 57.3 Å². The van der Waals surface area contributed by atoms with Crippen LogP contribution in [0.5, 0.6) is 0 Å². The zero-order valence-corrected chi connectivity index (χ0v) is 15.2. The molecule has 128 valence electrons. The molecule has 0 saturated carbocycles. The van der Waals surface area contributed by atoms with E-state index >= 15 is 0 Å². The second-order valence-corrected chi connectivity index (χ2v) is 7.82. The standard InChI is InChI=1S/C17H21ClN4OS/c1-22-9-3-4-12(11-22)10-20-17(23)21-13-5-2-8-19-16(13)14-6-7-15(18)24-14/h2,5-8,12H,3-4,9-11H2,1H3,(H2,20,21,23). The summed E-state index contributed by atoms with van der Waals surface area (Å²) in [6.45, 7) is 2.87. The lowest BCUT2D eigenvalue weighted by Gasteiger charge is -2.29. The van der Waals surface area contributed by atoms with E-state index in [4.69, 9.17) is 11.6 Å². The maximum atomic E-state index is 12.2. The Hall–Kier alpha value is -1.63. The minimum Gasteiger partial charge on any atom is -0.338 e. The number of nitrogens with one attached hydrogen (secondary N) is 2. The van der Waals surface area contributed by atoms with Crippen molar-refractivity contribution in [1.82, 2.24) is 15.2 Å². The van der Waals surface area contributed by atoms with E-state index in [1.54, 1.807) is 6.20 Å². The minimum atomic E-state index is -0.194. The van der Waals surface area contributed by atoms with Crippen molar-refractivity contribution < 1.29 is 4.79 Å². The van der Waals surface area contributed by atoms with E-state index in [0.717, 1.165) is 30.1 Å². The summed E-state index contributed by atoms with van der Waals surface area (Å²) >= 11 is 7.45. The van der Waals surface area contributed by atoms with Crippen LogP contribution in [0.1, 0.15) is 12.8 Å². The minimum absolute atomic E-state index is 0.194. The Morgan fingerprint density at radius 3 is 3.08 bits per heavy atom. The molecule has 1 atom stereocenters. The van der Waals surface area contributed by atoms with Crippen LogP contribution in [0.3, 0.4) is 0 Å². The van der Waals surface area contributed by atoms with E-state index in [2.05, 4.69) is 27.6 Å². The van der Waals surface area contributed by atoms with E-state index < -0.39 is 0 Å². The summed E-state index contributed by atoms with van der Waals surface area (Å²) in [5, 5.41) is 5.88. The van der Waals surface area contributed by atoms with Crippen molar-refractivity contribution in [1.29, 1.82) is 0 Å². The molecule has 1 unspecified atom stereocenters. The van der Waals surface area contributed by atoms with Gasteiger partial charge >= 0.3 is 6.03 Å². The van der Waals surface area contributed by atoms with Crippen molar-refractivity contribution in [3.63, 3.8) is 0 Å². The van der Waals surface area contributed by atoms with Gasteiger partial charge in [0.25, 0.3) is 0 Å². The lowest BCUT2D eigenvalue weighted by molar-refractivity contribution is 0.204. The monoisotopic (exact) mass is 364 g/mol. The third-order valence-corrected chi connectivity index (χ3v) is 5.37. The van der Waals surface area contributed by atoms with Gasteiger partial charge in [0.1, 0.15) is 5.69 Å². The van der Waals surface area contributed by atoms with Crippen LogP contribution < -0.4 is 10.6 Å². The Labute approximate surface area is 151 Å². The number of amides is 2. The molecule has 0 radical (unpaired) electrons. The number of hydrogen-bond acceptors (Lipinski definition) is 4. The molecule has 1 aliphatic heterocycles. The molecule has 24 heavy (non-hydrogen) atoms. The van der Waals surface area contributed by atoms with Crippen molar-refractivity contribution in [2.75, 3.05) is 32.0 Å². The Kier molecular flexibility index (Phi) is 5.71. The summed E-state index contributed by atoms with van der Waals surface area (Å²) in [4.78, 5) is 19.9. The molecule has 3 rings (SSSR count). The summed E-state index contributed by atoms with van der Waals surface area (Å²) in [7, 11) is 2.13. The van der Waals surface area contributed by atoms with Crippen LogP contribution in [-0.4, -0.2) is 42.6 Å². The number of carbonyl (C=O) groups excluding carboxylic acids is 1. The average molecular weight is 365 g/mol. The zero-order chi connectivity index (χ0) is 16.9. The zero-order valence-electron chi connectivity index (χ0n) is 13.6. The SMILES string of the molecule is CN1CCCC(CNC(=O)Nc2cccnc2-c2ccc(Cl)s2)C1. The highest BCUT2D eigenvalue weighted by Crippen LogP contribution is 2.33. The predicted molar refractivity (Wildman–Crippen MR) is 99.8 cm³/mol. The van der Waals surface area contributed by atoms with Crippen LogP contribution in [0, 0.1) is 5.92 Å². The highest BCUT2D eigenvalue weighted by atomic mass is 35.5. The molecule has 0 bridgehead atoms. The van der Waals surface area contributed by atoms with Gasteiger partial charge in [0.05, 0.1) is 14.9 Å².